The van der Waals surface area contributed by atoms with Gasteiger partial charge in [0.2, 0.25) is 5.56 Å². The molecule has 6 heteroatoms. The van der Waals surface area contributed by atoms with Crippen molar-refractivity contribution in [2.24, 2.45) is 0 Å². The number of aromatic amines is 1. The van der Waals surface area contributed by atoms with Crippen LogP contribution >= 0.6 is 0 Å². The highest BCUT2D eigenvalue weighted by Crippen LogP contribution is 2.45. The minimum absolute atomic E-state index is 0.263. The number of rotatable bonds is 2. The van der Waals surface area contributed by atoms with Gasteiger partial charge in [-0.25, -0.2) is 0 Å². The van der Waals surface area contributed by atoms with Crippen LogP contribution in [0.3, 0.4) is 0 Å². The number of hydrogen-bond acceptors (Lipinski definition) is 4. The third kappa shape index (κ3) is 1.94. The Kier molecular flexibility index (Phi) is 2.75. The Balaban J connectivity index is 2.06. The first-order valence-electron chi connectivity index (χ1n) is 6.96. The summed E-state index contributed by atoms with van der Waals surface area (Å²) in [4.78, 5) is 14.8. The van der Waals surface area contributed by atoms with Crippen LogP contribution in [0.5, 0.6) is 0 Å². The van der Waals surface area contributed by atoms with Gasteiger partial charge in [-0.15, -0.1) is 0 Å². The fourth-order valence-corrected chi connectivity index (χ4v) is 2.48. The molecule has 20 heavy (non-hydrogen) atoms. The molecule has 1 aliphatic carbocycles. The summed E-state index contributed by atoms with van der Waals surface area (Å²) in [5, 5.41) is 10.4. The molecule has 5 nitrogen and oxygen atoms in total. The Hall–Kier alpha value is -1.11. The van der Waals surface area contributed by atoms with Gasteiger partial charge in [-0.05, 0) is 52.2 Å². The third-order valence-corrected chi connectivity index (χ3v) is 4.71. The molecule has 0 aromatic carbocycles. The van der Waals surface area contributed by atoms with Crippen LogP contribution in [0.2, 0.25) is 0 Å². The first kappa shape index (κ1) is 13.9. The summed E-state index contributed by atoms with van der Waals surface area (Å²) in [6.07, 6.45) is 2.90. The minimum Gasteiger partial charge on any atom is -0.399 e. The molecule has 1 saturated heterocycles. The SMILES string of the molecule is CC1(C)OB(c2c(C3(O)CC3)cc[nH]c2=O)OC1(C)C. The molecule has 1 saturated carbocycles. The Morgan fingerprint density at radius 3 is 2.25 bits per heavy atom. The van der Waals surface area contributed by atoms with Crippen LogP contribution in [0.25, 0.3) is 0 Å². The zero-order valence-electron chi connectivity index (χ0n) is 12.3. The monoisotopic (exact) mass is 277 g/mol. The van der Waals surface area contributed by atoms with Gasteiger partial charge in [0.1, 0.15) is 0 Å². The van der Waals surface area contributed by atoms with E-state index in [1.807, 2.05) is 27.7 Å². The molecule has 1 aliphatic heterocycles. The summed E-state index contributed by atoms with van der Waals surface area (Å²) in [6.45, 7) is 7.76. The smallest absolute Gasteiger partial charge is 0.399 e. The second kappa shape index (κ2) is 3.96. The van der Waals surface area contributed by atoms with E-state index in [1.165, 1.54) is 0 Å². The van der Waals surface area contributed by atoms with E-state index in [4.69, 9.17) is 9.31 Å². The Bertz CT molecular complexity index is 587. The van der Waals surface area contributed by atoms with Crippen molar-refractivity contribution < 1.29 is 14.4 Å². The molecular weight excluding hydrogens is 257 g/mol. The van der Waals surface area contributed by atoms with Crippen LogP contribution in [0.15, 0.2) is 17.1 Å². The van der Waals surface area contributed by atoms with E-state index in [0.29, 0.717) is 23.9 Å². The van der Waals surface area contributed by atoms with Gasteiger partial charge in [0.25, 0.3) is 0 Å². The number of nitrogens with one attached hydrogen (secondary N) is 1. The van der Waals surface area contributed by atoms with Crippen molar-refractivity contribution in [1.29, 1.82) is 0 Å². The maximum Gasteiger partial charge on any atom is 0.500 e. The molecule has 1 aromatic heterocycles. The van der Waals surface area contributed by atoms with Crippen LogP contribution in [0.1, 0.15) is 46.1 Å². The van der Waals surface area contributed by atoms with Crippen molar-refractivity contribution in [3.8, 4) is 0 Å². The number of hydrogen-bond donors (Lipinski definition) is 2. The Labute approximate surface area is 118 Å². The topological polar surface area (TPSA) is 71.5 Å². The van der Waals surface area contributed by atoms with Gasteiger partial charge in [-0.2, -0.15) is 0 Å². The maximum absolute atomic E-state index is 12.2. The highest BCUT2D eigenvalue weighted by molar-refractivity contribution is 6.62. The summed E-state index contributed by atoms with van der Waals surface area (Å²) in [6, 6.07) is 1.74. The predicted octanol–water partition coefficient (Wildman–Crippen LogP) is 0.655. The molecule has 0 radical (unpaired) electrons. The molecular formula is C14H20BNO4. The normalized spacial score (nSPS) is 25.8. The first-order chi connectivity index (χ1) is 9.16. The molecule has 2 heterocycles. The number of aromatic nitrogens is 1. The van der Waals surface area contributed by atoms with Crippen molar-refractivity contribution in [2.45, 2.75) is 57.3 Å². The van der Waals surface area contributed by atoms with E-state index in [1.54, 1.807) is 12.3 Å². The van der Waals surface area contributed by atoms with Crippen molar-refractivity contribution in [3.05, 3.63) is 28.2 Å². The Morgan fingerprint density at radius 1 is 1.20 bits per heavy atom. The van der Waals surface area contributed by atoms with E-state index in [9.17, 15) is 9.90 Å². The highest BCUT2D eigenvalue weighted by atomic mass is 16.7. The average Bonchev–Trinajstić information content (AvgIpc) is 3.01. The second-order valence-corrected chi connectivity index (χ2v) is 6.75. The molecule has 3 rings (SSSR count). The van der Waals surface area contributed by atoms with Crippen molar-refractivity contribution in [3.63, 3.8) is 0 Å². The van der Waals surface area contributed by atoms with Gasteiger partial charge in [0.15, 0.2) is 0 Å². The van der Waals surface area contributed by atoms with Gasteiger partial charge in [-0.3, -0.25) is 4.79 Å². The second-order valence-electron chi connectivity index (χ2n) is 6.75. The lowest BCUT2D eigenvalue weighted by Gasteiger charge is -2.32. The van der Waals surface area contributed by atoms with Gasteiger partial charge < -0.3 is 19.4 Å². The van der Waals surface area contributed by atoms with E-state index in [-0.39, 0.29) is 5.56 Å². The lowest BCUT2D eigenvalue weighted by atomic mass is 9.75. The number of H-pyrrole nitrogens is 1. The molecule has 108 valence electrons. The molecule has 2 fully saturated rings. The molecule has 0 bridgehead atoms. The summed E-state index contributed by atoms with van der Waals surface area (Å²) < 4.78 is 11.9. The zero-order valence-corrected chi connectivity index (χ0v) is 12.3. The van der Waals surface area contributed by atoms with Gasteiger partial charge in [0.05, 0.1) is 22.3 Å². The maximum atomic E-state index is 12.2. The van der Waals surface area contributed by atoms with Crippen LogP contribution in [-0.2, 0) is 14.9 Å². The third-order valence-electron chi connectivity index (χ3n) is 4.71. The minimum atomic E-state index is -0.896. The van der Waals surface area contributed by atoms with Crippen LogP contribution < -0.4 is 11.0 Å². The lowest BCUT2D eigenvalue weighted by Crippen LogP contribution is -2.48. The average molecular weight is 277 g/mol. The van der Waals surface area contributed by atoms with E-state index in [0.717, 1.165) is 0 Å². The fraction of sp³-hybridized carbons (Fsp3) is 0.643. The van der Waals surface area contributed by atoms with Crippen LogP contribution in [0.4, 0.5) is 0 Å². The number of aliphatic hydroxyl groups is 1. The molecule has 0 atom stereocenters. The van der Waals surface area contributed by atoms with Gasteiger partial charge >= 0.3 is 7.12 Å². The van der Waals surface area contributed by atoms with E-state index < -0.39 is 23.9 Å². The molecule has 0 spiro atoms. The highest BCUT2D eigenvalue weighted by Gasteiger charge is 2.55. The summed E-state index contributed by atoms with van der Waals surface area (Å²) in [5.74, 6) is 0. The summed E-state index contributed by atoms with van der Waals surface area (Å²) in [5.41, 5.74) is -1.16. The molecule has 0 amide bonds. The number of pyridine rings is 1. The lowest BCUT2D eigenvalue weighted by molar-refractivity contribution is 0.00578. The largest absolute Gasteiger partial charge is 0.500 e. The Morgan fingerprint density at radius 2 is 1.75 bits per heavy atom. The van der Waals surface area contributed by atoms with Gasteiger partial charge in [-0.1, -0.05) is 0 Å². The van der Waals surface area contributed by atoms with Crippen molar-refractivity contribution in [1.82, 2.24) is 4.98 Å². The summed E-state index contributed by atoms with van der Waals surface area (Å²) >= 11 is 0. The van der Waals surface area contributed by atoms with Gasteiger partial charge in [0, 0.05) is 6.20 Å². The predicted molar refractivity (Wildman–Crippen MR) is 75.9 cm³/mol. The molecule has 1 aromatic rings. The molecule has 2 aliphatic rings. The standard InChI is InChI=1S/C14H20BNO4/c1-12(2)13(3,4)20-15(19-12)10-9(14(18)6-7-14)5-8-16-11(10)17/h5,8,18H,6-7H2,1-4H3,(H,16,17). The quantitative estimate of drug-likeness (QED) is 0.779. The van der Waals surface area contributed by atoms with E-state index >= 15 is 0 Å². The fourth-order valence-electron chi connectivity index (χ4n) is 2.48. The molecule has 2 N–H and O–H groups in total. The van der Waals surface area contributed by atoms with Crippen LogP contribution in [-0.4, -0.2) is 28.4 Å². The van der Waals surface area contributed by atoms with Crippen molar-refractivity contribution >= 4 is 12.6 Å². The molecule has 0 unspecified atom stereocenters. The summed E-state index contributed by atoms with van der Waals surface area (Å²) in [7, 11) is -0.746. The first-order valence-corrected chi connectivity index (χ1v) is 6.96. The zero-order chi connectivity index (χ0) is 14.8. The van der Waals surface area contributed by atoms with E-state index in [2.05, 4.69) is 4.98 Å². The van der Waals surface area contributed by atoms with Crippen LogP contribution in [0, 0.1) is 0 Å². The van der Waals surface area contributed by atoms with Crippen molar-refractivity contribution in [2.75, 3.05) is 0 Å².